The number of ether oxygens (including phenoxy) is 1. The quantitative estimate of drug-likeness (QED) is 0.408. The van der Waals surface area contributed by atoms with Crippen molar-refractivity contribution in [3.63, 3.8) is 0 Å². The predicted molar refractivity (Wildman–Crippen MR) is 122 cm³/mol. The summed E-state index contributed by atoms with van der Waals surface area (Å²) in [5.41, 5.74) is 3.24. The molecule has 12 heteroatoms. The summed E-state index contributed by atoms with van der Waals surface area (Å²) in [6.45, 7) is 3.58. The highest BCUT2D eigenvalue weighted by Crippen LogP contribution is 2.32. The van der Waals surface area contributed by atoms with Crippen molar-refractivity contribution in [3.8, 4) is 5.82 Å². The molecule has 2 N–H and O–H groups in total. The third kappa shape index (κ3) is 4.33. The van der Waals surface area contributed by atoms with Gasteiger partial charge in [-0.3, -0.25) is 4.98 Å². The number of nitrogens with one attached hydrogen (secondary N) is 2. The first-order chi connectivity index (χ1) is 15.4. The van der Waals surface area contributed by atoms with Crippen LogP contribution in [-0.2, 0) is 4.74 Å². The summed E-state index contributed by atoms with van der Waals surface area (Å²) in [6, 6.07) is 4.48. The Hall–Kier alpha value is -3.34. The van der Waals surface area contributed by atoms with Gasteiger partial charge in [-0.2, -0.15) is 10.2 Å². The van der Waals surface area contributed by atoms with E-state index in [9.17, 15) is 4.79 Å². The summed E-state index contributed by atoms with van der Waals surface area (Å²) in [5.74, 6) is 0.359. The number of carbonyl (C=O) groups excluding carboxylic acids is 1. The molecule has 0 aliphatic carbocycles. The molecule has 1 atom stereocenters. The lowest BCUT2D eigenvalue weighted by Crippen LogP contribution is -2.22. The number of amides is 2. The Morgan fingerprint density at radius 2 is 1.84 bits per heavy atom. The van der Waals surface area contributed by atoms with E-state index in [1.165, 1.54) is 17.2 Å². The number of urea groups is 1. The number of fused-ring (bicyclic) bond motifs is 1. The van der Waals surface area contributed by atoms with E-state index in [0.29, 0.717) is 44.6 Å². The molecule has 0 saturated heterocycles. The second-order valence-corrected chi connectivity index (χ2v) is 7.58. The molecule has 0 saturated carbocycles. The normalized spacial score (nSPS) is 12.0. The Balaban J connectivity index is 1.63. The number of aromatic nitrogens is 6. The van der Waals surface area contributed by atoms with Gasteiger partial charge in [0, 0.05) is 12.7 Å². The van der Waals surface area contributed by atoms with Gasteiger partial charge >= 0.3 is 6.03 Å². The van der Waals surface area contributed by atoms with Crippen LogP contribution in [0.1, 0.15) is 24.3 Å². The van der Waals surface area contributed by atoms with Crippen LogP contribution in [0, 0.1) is 6.92 Å². The molecular weight excluding hydrogens is 455 g/mol. The number of anilines is 2. The van der Waals surface area contributed by atoms with Crippen LogP contribution in [-0.4, -0.2) is 43.1 Å². The number of hydrogen-bond donors (Lipinski definition) is 2. The second-order valence-electron chi connectivity index (χ2n) is 6.79. The lowest BCUT2D eigenvalue weighted by atomic mass is 10.1. The number of aryl methyl sites for hydroxylation is 1. The van der Waals surface area contributed by atoms with Gasteiger partial charge in [-0.1, -0.05) is 23.2 Å². The summed E-state index contributed by atoms with van der Waals surface area (Å²) < 4.78 is 5.48. The molecule has 2 amide bonds. The molecule has 1 unspecified atom stereocenters. The van der Waals surface area contributed by atoms with Crippen LogP contribution in [0.25, 0.3) is 16.9 Å². The van der Waals surface area contributed by atoms with E-state index in [1.54, 1.807) is 38.4 Å². The minimum absolute atomic E-state index is 0.280. The topological polar surface area (TPSA) is 120 Å². The summed E-state index contributed by atoms with van der Waals surface area (Å²) in [5, 5.41) is 14.2. The highest BCUT2D eigenvalue weighted by atomic mass is 35.5. The van der Waals surface area contributed by atoms with Crippen molar-refractivity contribution in [1.82, 2.24) is 29.9 Å². The van der Waals surface area contributed by atoms with E-state index >= 15 is 0 Å². The Labute approximate surface area is 192 Å². The highest BCUT2D eigenvalue weighted by molar-refractivity contribution is 6.32. The third-order valence-corrected chi connectivity index (χ3v) is 5.22. The number of nitrogens with zero attached hydrogens (tertiary/aromatic N) is 6. The Morgan fingerprint density at radius 1 is 1.12 bits per heavy atom. The molecule has 4 aromatic heterocycles. The fourth-order valence-electron chi connectivity index (χ4n) is 3.13. The van der Waals surface area contributed by atoms with Crippen molar-refractivity contribution in [3.05, 3.63) is 58.2 Å². The van der Waals surface area contributed by atoms with E-state index in [4.69, 9.17) is 27.9 Å². The van der Waals surface area contributed by atoms with Crippen molar-refractivity contribution in [2.45, 2.75) is 20.0 Å². The second kappa shape index (κ2) is 9.03. The zero-order valence-electron chi connectivity index (χ0n) is 17.3. The smallest absolute Gasteiger partial charge is 0.323 e. The van der Waals surface area contributed by atoms with E-state index in [-0.39, 0.29) is 11.1 Å². The standard InChI is InChI=1S/C20H18Cl2N8O2/c1-10-14(8-12(21)19(26-10)30-24-6-7-25-30)27-20(31)28-15-9-23-13-4-5-16(22)29-18(13)17(15)11(2)32-3/h4-9,11H,1-3H3,(H2,27,28,31). The highest BCUT2D eigenvalue weighted by Gasteiger charge is 2.19. The average Bonchev–Trinajstić information content (AvgIpc) is 3.30. The summed E-state index contributed by atoms with van der Waals surface area (Å²) in [6.07, 6.45) is 4.21. The van der Waals surface area contributed by atoms with E-state index in [0.717, 1.165) is 0 Å². The predicted octanol–water partition coefficient (Wildman–Crippen LogP) is 4.57. The van der Waals surface area contributed by atoms with Gasteiger partial charge in [0.25, 0.3) is 0 Å². The SMILES string of the molecule is COC(C)c1c(NC(=O)Nc2cc(Cl)c(-n3nccn3)nc2C)cnc2ccc(Cl)nc12. The van der Waals surface area contributed by atoms with Crippen LogP contribution in [0.4, 0.5) is 16.2 Å². The van der Waals surface area contributed by atoms with Gasteiger partial charge < -0.3 is 15.4 Å². The first-order valence-electron chi connectivity index (χ1n) is 9.47. The summed E-state index contributed by atoms with van der Waals surface area (Å²) >= 11 is 12.4. The molecule has 0 spiro atoms. The molecule has 0 aliphatic rings. The number of carbonyl (C=O) groups is 1. The molecule has 0 bridgehead atoms. The minimum Gasteiger partial charge on any atom is -0.377 e. The summed E-state index contributed by atoms with van der Waals surface area (Å²) in [7, 11) is 1.57. The zero-order chi connectivity index (χ0) is 22.8. The van der Waals surface area contributed by atoms with E-state index < -0.39 is 6.03 Å². The van der Waals surface area contributed by atoms with Crippen LogP contribution in [0.15, 0.2) is 36.8 Å². The van der Waals surface area contributed by atoms with Crippen molar-refractivity contribution < 1.29 is 9.53 Å². The maximum atomic E-state index is 12.8. The largest absolute Gasteiger partial charge is 0.377 e. The van der Waals surface area contributed by atoms with Crippen LogP contribution in [0.5, 0.6) is 0 Å². The minimum atomic E-state index is -0.510. The molecule has 32 heavy (non-hydrogen) atoms. The fraction of sp³-hybridized carbons (Fsp3) is 0.200. The monoisotopic (exact) mass is 472 g/mol. The Bertz CT molecular complexity index is 1300. The Kier molecular flexibility index (Phi) is 6.17. The number of methoxy groups -OCH3 is 1. The molecule has 0 aromatic carbocycles. The maximum Gasteiger partial charge on any atom is 0.323 e. The van der Waals surface area contributed by atoms with Gasteiger partial charge in [-0.25, -0.2) is 14.8 Å². The first-order valence-corrected chi connectivity index (χ1v) is 10.2. The molecule has 4 aromatic rings. The maximum absolute atomic E-state index is 12.8. The molecule has 164 valence electrons. The van der Waals surface area contributed by atoms with Crippen LogP contribution < -0.4 is 10.6 Å². The zero-order valence-corrected chi connectivity index (χ0v) is 18.8. The summed E-state index contributed by atoms with van der Waals surface area (Å²) in [4.78, 5) is 27.2. The van der Waals surface area contributed by atoms with Gasteiger partial charge in [0.15, 0.2) is 5.82 Å². The number of rotatable bonds is 5. The number of pyridine rings is 3. The van der Waals surface area contributed by atoms with Crippen molar-refractivity contribution in [1.29, 1.82) is 0 Å². The van der Waals surface area contributed by atoms with Crippen molar-refractivity contribution in [2.24, 2.45) is 0 Å². The van der Waals surface area contributed by atoms with Crippen LogP contribution in [0.2, 0.25) is 10.2 Å². The average molecular weight is 473 g/mol. The lowest BCUT2D eigenvalue weighted by molar-refractivity contribution is 0.121. The molecule has 0 fully saturated rings. The molecule has 10 nitrogen and oxygen atoms in total. The van der Waals surface area contributed by atoms with Crippen molar-refractivity contribution >= 4 is 51.6 Å². The van der Waals surface area contributed by atoms with Crippen molar-refractivity contribution in [2.75, 3.05) is 17.7 Å². The lowest BCUT2D eigenvalue weighted by Gasteiger charge is -2.18. The van der Waals surface area contributed by atoms with Gasteiger partial charge in [0.05, 0.1) is 57.8 Å². The van der Waals surface area contributed by atoms with Crippen LogP contribution in [0.3, 0.4) is 0 Å². The van der Waals surface area contributed by atoms with E-state index in [2.05, 4.69) is 35.8 Å². The van der Waals surface area contributed by atoms with Gasteiger partial charge in [0.1, 0.15) is 5.15 Å². The van der Waals surface area contributed by atoms with Crippen LogP contribution >= 0.6 is 23.2 Å². The fourth-order valence-corrected chi connectivity index (χ4v) is 3.50. The number of hydrogen-bond acceptors (Lipinski definition) is 7. The molecule has 4 rings (SSSR count). The molecular formula is C20H18Cl2N8O2. The van der Waals surface area contributed by atoms with Gasteiger partial charge in [0.2, 0.25) is 0 Å². The first kappa shape index (κ1) is 21.9. The molecule has 4 heterocycles. The van der Waals surface area contributed by atoms with Gasteiger partial charge in [-0.05, 0) is 32.0 Å². The number of halogens is 2. The van der Waals surface area contributed by atoms with Gasteiger partial charge in [-0.15, -0.1) is 4.80 Å². The van der Waals surface area contributed by atoms with E-state index in [1.807, 2.05) is 6.92 Å². The third-order valence-electron chi connectivity index (χ3n) is 4.73. The molecule has 0 aliphatic heterocycles. The molecule has 0 radical (unpaired) electrons. The Morgan fingerprint density at radius 3 is 2.56 bits per heavy atom.